The van der Waals surface area contributed by atoms with Crippen molar-refractivity contribution >= 4 is 5.82 Å². The molecule has 5 nitrogen and oxygen atoms in total. The quantitative estimate of drug-likeness (QED) is 0.850. The van der Waals surface area contributed by atoms with Crippen LogP contribution in [0, 0.1) is 5.92 Å². The van der Waals surface area contributed by atoms with E-state index in [4.69, 9.17) is 4.74 Å². The van der Waals surface area contributed by atoms with Crippen molar-refractivity contribution in [2.45, 2.75) is 43.7 Å². The third-order valence-corrected chi connectivity index (χ3v) is 5.42. The number of rotatable bonds is 4. The van der Waals surface area contributed by atoms with Gasteiger partial charge in [0.25, 0.3) is 0 Å². The first kappa shape index (κ1) is 14.4. The van der Waals surface area contributed by atoms with Crippen molar-refractivity contribution in [1.29, 1.82) is 0 Å². The first-order chi connectivity index (χ1) is 10.7. The van der Waals surface area contributed by atoms with Crippen molar-refractivity contribution in [2.24, 2.45) is 5.92 Å². The smallest absolute Gasteiger partial charge is 0.147 e. The number of hydrogen-bond donors (Lipinski definition) is 0. The van der Waals surface area contributed by atoms with E-state index in [0.717, 1.165) is 31.6 Å². The van der Waals surface area contributed by atoms with Gasteiger partial charge < -0.3 is 14.5 Å². The Labute approximate surface area is 132 Å². The number of aromatic nitrogens is 2. The minimum absolute atomic E-state index is 0.0465. The fourth-order valence-electron chi connectivity index (χ4n) is 4.16. The van der Waals surface area contributed by atoms with Gasteiger partial charge >= 0.3 is 0 Å². The lowest BCUT2D eigenvalue weighted by molar-refractivity contribution is -0.00737. The highest BCUT2D eigenvalue weighted by Gasteiger charge is 2.44. The standard InChI is InChI=1S/C17H26N4O/c1-20(15-3-4-15)11-14-9-17(22-12-14)5-2-8-21(13-17)16-10-18-6-7-19-16/h6-7,10,14-15H,2-5,8-9,11-13H2,1H3/t14-,17+/m0/s1. The van der Waals surface area contributed by atoms with Crippen molar-refractivity contribution in [2.75, 3.05) is 38.2 Å². The molecule has 1 spiro atoms. The summed E-state index contributed by atoms with van der Waals surface area (Å²) in [7, 11) is 2.27. The van der Waals surface area contributed by atoms with Crippen LogP contribution in [0.15, 0.2) is 18.6 Å². The Hall–Kier alpha value is -1.20. The van der Waals surface area contributed by atoms with E-state index >= 15 is 0 Å². The minimum Gasteiger partial charge on any atom is -0.373 e. The average molecular weight is 302 g/mol. The lowest BCUT2D eigenvalue weighted by Crippen LogP contribution is -2.48. The van der Waals surface area contributed by atoms with E-state index in [1.165, 1.54) is 38.6 Å². The summed E-state index contributed by atoms with van der Waals surface area (Å²) < 4.78 is 6.33. The molecule has 0 unspecified atom stereocenters. The van der Waals surface area contributed by atoms with Crippen LogP contribution in [0.2, 0.25) is 0 Å². The van der Waals surface area contributed by atoms with Gasteiger partial charge in [0.1, 0.15) is 5.82 Å². The van der Waals surface area contributed by atoms with E-state index in [0.29, 0.717) is 5.92 Å². The zero-order valence-corrected chi connectivity index (χ0v) is 13.4. The molecular formula is C17H26N4O. The van der Waals surface area contributed by atoms with Gasteiger partial charge in [-0.2, -0.15) is 0 Å². The largest absolute Gasteiger partial charge is 0.373 e. The molecule has 3 fully saturated rings. The lowest BCUT2D eigenvalue weighted by Gasteiger charge is -2.40. The van der Waals surface area contributed by atoms with Gasteiger partial charge in [-0.1, -0.05) is 0 Å². The summed E-state index contributed by atoms with van der Waals surface area (Å²) in [5.41, 5.74) is 0.0465. The van der Waals surface area contributed by atoms with E-state index < -0.39 is 0 Å². The molecular weight excluding hydrogens is 276 g/mol. The van der Waals surface area contributed by atoms with Crippen LogP contribution in [0.5, 0.6) is 0 Å². The molecule has 1 aromatic rings. The van der Waals surface area contributed by atoms with Crippen molar-refractivity contribution in [1.82, 2.24) is 14.9 Å². The van der Waals surface area contributed by atoms with Gasteiger partial charge in [-0.15, -0.1) is 0 Å². The summed E-state index contributed by atoms with van der Waals surface area (Å²) in [6, 6.07) is 0.846. The maximum Gasteiger partial charge on any atom is 0.147 e. The highest BCUT2D eigenvalue weighted by molar-refractivity contribution is 5.36. The van der Waals surface area contributed by atoms with Crippen LogP contribution in [0.4, 0.5) is 5.82 Å². The molecule has 1 saturated carbocycles. The molecule has 22 heavy (non-hydrogen) atoms. The molecule has 0 amide bonds. The van der Waals surface area contributed by atoms with E-state index in [2.05, 4.69) is 26.8 Å². The second-order valence-corrected chi connectivity index (χ2v) is 7.32. The zero-order valence-electron chi connectivity index (χ0n) is 13.4. The van der Waals surface area contributed by atoms with Crippen molar-refractivity contribution in [3.63, 3.8) is 0 Å². The average Bonchev–Trinajstić information content (AvgIpc) is 3.34. The molecule has 2 saturated heterocycles. The van der Waals surface area contributed by atoms with Crippen LogP contribution in [0.1, 0.15) is 32.1 Å². The summed E-state index contributed by atoms with van der Waals surface area (Å²) in [4.78, 5) is 13.5. The Balaban J connectivity index is 1.39. The van der Waals surface area contributed by atoms with Crippen LogP contribution in [0.25, 0.3) is 0 Å². The normalized spacial score (nSPS) is 32.1. The maximum atomic E-state index is 6.33. The van der Waals surface area contributed by atoms with Crippen LogP contribution in [0.3, 0.4) is 0 Å². The van der Waals surface area contributed by atoms with E-state index in [9.17, 15) is 0 Å². The van der Waals surface area contributed by atoms with Gasteiger partial charge in [0, 0.05) is 38.1 Å². The van der Waals surface area contributed by atoms with Crippen LogP contribution in [-0.2, 0) is 4.74 Å². The maximum absolute atomic E-state index is 6.33. The van der Waals surface area contributed by atoms with E-state index in [-0.39, 0.29) is 5.60 Å². The first-order valence-electron chi connectivity index (χ1n) is 8.59. The van der Waals surface area contributed by atoms with Gasteiger partial charge in [0.2, 0.25) is 0 Å². The number of nitrogens with zero attached hydrogens (tertiary/aromatic N) is 4. The summed E-state index contributed by atoms with van der Waals surface area (Å²) in [6.45, 7) is 4.15. The fourth-order valence-corrected chi connectivity index (χ4v) is 4.16. The topological polar surface area (TPSA) is 41.5 Å². The number of piperidine rings is 1. The highest BCUT2D eigenvalue weighted by Crippen LogP contribution is 2.39. The summed E-state index contributed by atoms with van der Waals surface area (Å²) in [5, 5.41) is 0. The van der Waals surface area contributed by atoms with Crippen molar-refractivity contribution < 1.29 is 4.74 Å². The third-order valence-electron chi connectivity index (χ3n) is 5.42. The van der Waals surface area contributed by atoms with E-state index in [1.807, 2.05) is 6.20 Å². The number of ether oxygens (including phenoxy) is 1. The Morgan fingerprint density at radius 3 is 3.09 bits per heavy atom. The van der Waals surface area contributed by atoms with Gasteiger partial charge in [0.05, 0.1) is 18.4 Å². The van der Waals surface area contributed by atoms with E-state index in [1.54, 1.807) is 12.4 Å². The third kappa shape index (κ3) is 2.97. The second-order valence-electron chi connectivity index (χ2n) is 7.32. The monoisotopic (exact) mass is 302 g/mol. The molecule has 2 atom stereocenters. The molecule has 3 aliphatic rings. The second kappa shape index (κ2) is 5.78. The van der Waals surface area contributed by atoms with Crippen LogP contribution < -0.4 is 4.90 Å². The minimum atomic E-state index is 0.0465. The number of anilines is 1. The molecule has 120 valence electrons. The number of hydrogen-bond acceptors (Lipinski definition) is 5. The molecule has 0 N–H and O–H groups in total. The van der Waals surface area contributed by atoms with Crippen LogP contribution >= 0.6 is 0 Å². The molecule has 0 radical (unpaired) electrons. The Bertz CT molecular complexity index is 507. The Morgan fingerprint density at radius 1 is 1.41 bits per heavy atom. The van der Waals surface area contributed by atoms with Crippen molar-refractivity contribution in [3.8, 4) is 0 Å². The molecule has 5 heteroatoms. The summed E-state index contributed by atoms with van der Waals surface area (Å²) in [6.07, 6.45) is 11.7. The predicted molar refractivity (Wildman–Crippen MR) is 85.9 cm³/mol. The Kier molecular flexibility index (Phi) is 3.78. The summed E-state index contributed by atoms with van der Waals surface area (Å²) in [5.74, 6) is 1.68. The van der Waals surface area contributed by atoms with Gasteiger partial charge in [-0.25, -0.2) is 4.98 Å². The molecule has 4 rings (SSSR count). The van der Waals surface area contributed by atoms with Gasteiger partial charge in [-0.05, 0) is 45.1 Å². The summed E-state index contributed by atoms with van der Waals surface area (Å²) >= 11 is 0. The first-order valence-corrected chi connectivity index (χ1v) is 8.59. The fraction of sp³-hybridized carbons (Fsp3) is 0.765. The molecule has 0 bridgehead atoms. The molecule has 2 aliphatic heterocycles. The lowest BCUT2D eigenvalue weighted by atomic mass is 9.86. The van der Waals surface area contributed by atoms with Gasteiger partial charge in [0.15, 0.2) is 0 Å². The molecule has 0 aromatic carbocycles. The molecule has 3 heterocycles. The SMILES string of the molecule is CN(C[C@H]1CO[C@]2(CCCN(c3cnccn3)C2)C1)C1CC1. The highest BCUT2D eigenvalue weighted by atomic mass is 16.5. The zero-order chi connectivity index (χ0) is 15.0. The predicted octanol–water partition coefficient (Wildman–Crippen LogP) is 1.95. The Morgan fingerprint density at radius 2 is 2.32 bits per heavy atom. The van der Waals surface area contributed by atoms with Crippen LogP contribution in [-0.4, -0.2) is 59.8 Å². The van der Waals surface area contributed by atoms with Crippen molar-refractivity contribution in [3.05, 3.63) is 18.6 Å². The molecule has 1 aromatic heterocycles. The molecule has 1 aliphatic carbocycles. The van der Waals surface area contributed by atoms with Gasteiger partial charge in [-0.3, -0.25) is 4.98 Å².